The van der Waals surface area contributed by atoms with E-state index in [1.54, 1.807) is 41.5 Å². The summed E-state index contributed by atoms with van der Waals surface area (Å²) in [6, 6.07) is 0. The van der Waals surface area contributed by atoms with E-state index in [4.69, 9.17) is 9.84 Å². The molecular formula is C14H27NO5. The van der Waals surface area contributed by atoms with E-state index < -0.39 is 28.6 Å². The zero-order valence-electron chi connectivity index (χ0n) is 13.2. The number of aliphatic hydroxyl groups is 1. The van der Waals surface area contributed by atoms with Gasteiger partial charge in [-0.05, 0) is 39.0 Å². The molecular weight excluding hydrogens is 262 g/mol. The molecule has 0 spiro atoms. The van der Waals surface area contributed by atoms with Gasteiger partial charge in [-0.2, -0.15) is 0 Å². The molecule has 0 bridgehead atoms. The highest BCUT2D eigenvalue weighted by molar-refractivity contribution is 5.85. The molecule has 0 heterocycles. The lowest BCUT2D eigenvalue weighted by molar-refractivity contribution is -0.150. The summed E-state index contributed by atoms with van der Waals surface area (Å²) >= 11 is 0. The molecule has 3 N–H and O–H groups in total. The molecule has 6 nitrogen and oxygen atoms in total. The lowest BCUT2D eigenvalue weighted by Gasteiger charge is -2.41. The molecule has 0 radical (unpaired) electrons. The molecule has 0 aliphatic heterocycles. The number of nitrogens with one attached hydrogen (secondary N) is 1. The van der Waals surface area contributed by atoms with Gasteiger partial charge >= 0.3 is 12.1 Å². The Labute approximate surface area is 120 Å². The van der Waals surface area contributed by atoms with Gasteiger partial charge in [-0.25, -0.2) is 9.59 Å². The van der Waals surface area contributed by atoms with E-state index in [2.05, 4.69) is 5.32 Å². The topological polar surface area (TPSA) is 95.9 Å². The first-order chi connectivity index (χ1) is 8.85. The molecule has 0 aromatic heterocycles. The van der Waals surface area contributed by atoms with Gasteiger partial charge in [0, 0.05) is 6.61 Å². The van der Waals surface area contributed by atoms with Gasteiger partial charge in [0.25, 0.3) is 0 Å². The molecule has 0 aromatic rings. The van der Waals surface area contributed by atoms with Crippen LogP contribution in [0.15, 0.2) is 0 Å². The van der Waals surface area contributed by atoms with Crippen molar-refractivity contribution >= 4 is 12.1 Å². The highest BCUT2D eigenvalue weighted by atomic mass is 16.6. The van der Waals surface area contributed by atoms with E-state index in [1.807, 2.05) is 0 Å². The highest BCUT2D eigenvalue weighted by Crippen LogP contribution is 2.35. The average Bonchev–Trinajstić information content (AvgIpc) is 2.19. The molecule has 0 rings (SSSR count). The van der Waals surface area contributed by atoms with Crippen LogP contribution in [0.1, 0.15) is 54.4 Å². The number of aliphatic hydroxyl groups excluding tert-OH is 1. The SMILES string of the molecule is CC(C)(C)OC(=O)N[C@](CCCO)(C(=O)O)C(C)(C)C. The minimum Gasteiger partial charge on any atom is -0.479 e. The van der Waals surface area contributed by atoms with E-state index in [0.717, 1.165) is 0 Å². The van der Waals surface area contributed by atoms with Gasteiger partial charge in [0.05, 0.1) is 0 Å². The Balaban J connectivity index is 5.31. The first kappa shape index (κ1) is 18.7. The molecule has 0 aliphatic carbocycles. The molecule has 0 fully saturated rings. The lowest BCUT2D eigenvalue weighted by atomic mass is 9.71. The third kappa shape index (κ3) is 5.00. The largest absolute Gasteiger partial charge is 0.479 e. The second-order valence-electron chi connectivity index (χ2n) is 6.91. The fraction of sp³-hybridized carbons (Fsp3) is 0.857. The Morgan fingerprint density at radius 1 is 1.10 bits per heavy atom. The molecule has 1 amide bonds. The summed E-state index contributed by atoms with van der Waals surface area (Å²) in [6.45, 7) is 10.2. The van der Waals surface area contributed by atoms with Crippen LogP contribution in [0.25, 0.3) is 0 Å². The van der Waals surface area contributed by atoms with Crippen molar-refractivity contribution in [2.45, 2.75) is 65.5 Å². The Bertz CT molecular complexity index is 354. The van der Waals surface area contributed by atoms with Crippen LogP contribution in [-0.4, -0.2) is 40.0 Å². The van der Waals surface area contributed by atoms with E-state index >= 15 is 0 Å². The number of alkyl carbamates (subject to hydrolysis) is 1. The van der Waals surface area contributed by atoms with Crippen LogP contribution in [-0.2, 0) is 9.53 Å². The fourth-order valence-corrected chi connectivity index (χ4v) is 1.93. The second kappa shape index (κ2) is 6.43. The summed E-state index contributed by atoms with van der Waals surface area (Å²) in [5.41, 5.74) is -2.92. The third-order valence-corrected chi connectivity index (χ3v) is 3.07. The van der Waals surface area contributed by atoms with Crippen molar-refractivity contribution < 1.29 is 24.5 Å². The number of hydrogen-bond acceptors (Lipinski definition) is 4. The molecule has 0 unspecified atom stereocenters. The number of carbonyl (C=O) groups excluding carboxylic acids is 1. The van der Waals surface area contributed by atoms with Gasteiger partial charge in [-0.1, -0.05) is 20.8 Å². The molecule has 1 atom stereocenters. The highest BCUT2D eigenvalue weighted by Gasteiger charge is 2.50. The van der Waals surface area contributed by atoms with Crippen LogP contribution in [0.2, 0.25) is 0 Å². The van der Waals surface area contributed by atoms with Gasteiger partial charge in [-0.15, -0.1) is 0 Å². The second-order valence-corrected chi connectivity index (χ2v) is 6.91. The maximum Gasteiger partial charge on any atom is 0.408 e. The number of carbonyl (C=O) groups is 2. The van der Waals surface area contributed by atoms with Crippen molar-refractivity contribution in [2.24, 2.45) is 5.41 Å². The number of amides is 1. The number of aliphatic carboxylic acids is 1. The first-order valence-corrected chi connectivity index (χ1v) is 6.71. The van der Waals surface area contributed by atoms with Gasteiger partial charge < -0.3 is 20.3 Å². The summed E-state index contributed by atoms with van der Waals surface area (Å²) in [6.07, 6.45) is -0.367. The van der Waals surface area contributed by atoms with Crippen molar-refractivity contribution in [2.75, 3.05) is 6.61 Å². The van der Waals surface area contributed by atoms with Crippen LogP contribution in [0, 0.1) is 5.41 Å². The Hall–Kier alpha value is -1.30. The maximum absolute atomic E-state index is 11.9. The standard InChI is InChI=1S/C14H27NO5/c1-12(2,3)14(10(17)18,8-7-9-16)15-11(19)20-13(4,5)6/h16H,7-9H2,1-6H3,(H,15,19)(H,17,18)/t14-/m1/s1. The molecule has 0 aliphatic rings. The fourth-order valence-electron chi connectivity index (χ4n) is 1.93. The summed E-state index contributed by atoms with van der Waals surface area (Å²) in [7, 11) is 0. The van der Waals surface area contributed by atoms with Crippen LogP contribution in [0.5, 0.6) is 0 Å². The molecule has 0 saturated carbocycles. The number of hydrogen-bond donors (Lipinski definition) is 3. The number of rotatable bonds is 5. The Morgan fingerprint density at radius 2 is 1.60 bits per heavy atom. The lowest BCUT2D eigenvalue weighted by Crippen LogP contribution is -2.63. The zero-order valence-corrected chi connectivity index (χ0v) is 13.2. The van der Waals surface area contributed by atoms with Crippen LogP contribution >= 0.6 is 0 Å². The van der Waals surface area contributed by atoms with Crippen molar-refractivity contribution in [3.05, 3.63) is 0 Å². The molecule has 0 aromatic carbocycles. The quantitative estimate of drug-likeness (QED) is 0.720. The average molecular weight is 289 g/mol. The monoisotopic (exact) mass is 289 g/mol. The molecule has 118 valence electrons. The summed E-state index contributed by atoms with van der Waals surface area (Å²) < 4.78 is 5.14. The smallest absolute Gasteiger partial charge is 0.408 e. The van der Waals surface area contributed by atoms with Crippen molar-refractivity contribution in [1.82, 2.24) is 5.32 Å². The zero-order chi connectivity index (χ0) is 16.2. The predicted octanol–water partition coefficient (Wildman–Crippen LogP) is 2.15. The van der Waals surface area contributed by atoms with Crippen molar-refractivity contribution in [1.29, 1.82) is 0 Å². The van der Waals surface area contributed by atoms with Gasteiger partial charge in [0.1, 0.15) is 11.1 Å². The Morgan fingerprint density at radius 3 is 1.90 bits per heavy atom. The van der Waals surface area contributed by atoms with Crippen molar-refractivity contribution in [3.63, 3.8) is 0 Å². The third-order valence-electron chi connectivity index (χ3n) is 3.07. The van der Waals surface area contributed by atoms with Gasteiger partial charge in [0.15, 0.2) is 0 Å². The van der Waals surface area contributed by atoms with Crippen LogP contribution in [0.4, 0.5) is 4.79 Å². The number of ether oxygens (including phenoxy) is 1. The van der Waals surface area contributed by atoms with E-state index in [9.17, 15) is 14.7 Å². The maximum atomic E-state index is 11.9. The molecule has 20 heavy (non-hydrogen) atoms. The Kier molecular flexibility index (Phi) is 6.02. The minimum absolute atomic E-state index is 0.127. The summed E-state index contributed by atoms with van der Waals surface area (Å²) in [4.78, 5) is 23.7. The molecule has 0 saturated heterocycles. The minimum atomic E-state index is -1.49. The van der Waals surface area contributed by atoms with Gasteiger partial charge in [-0.3, -0.25) is 0 Å². The first-order valence-electron chi connectivity index (χ1n) is 6.71. The predicted molar refractivity (Wildman–Crippen MR) is 75.5 cm³/mol. The van der Waals surface area contributed by atoms with Crippen LogP contribution < -0.4 is 5.32 Å². The summed E-state index contributed by atoms with van der Waals surface area (Å²) in [5, 5.41) is 21.0. The van der Waals surface area contributed by atoms with Crippen molar-refractivity contribution in [3.8, 4) is 0 Å². The molecule has 6 heteroatoms. The summed E-state index contributed by atoms with van der Waals surface area (Å²) in [5.74, 6) is -1.13. The van der Waals surface area contributed by atoms with Crippen LogP contribution in [0.3, 0.4) is 0 Å². The van der Waals surface area contributed by atoms with E-state index in [-0.39, 0.29) is 19.4 Å². The number of carboxylic acids is 1. The van der Waals surface area contributed by atoms with Gasteiger partial charge in [0.2, 0.25) is 0 Å². The van der Waals surface area contributed by atoms with E-state index in [1.165, 1.54) is 0 Å². The van der Waals surface area contributed by atoms with E-state index in [0.29, 0.717) is 0 Å². The normalized spacial score (nSPS) is 15.3. The number of carboxylic acid groups (broad SMARTS) is 1.